The lowest BCUT2D eigenvalue weighted by molar-refractivity contribution is -0.138. The van der Waals surface area contributed by atoms with Gasteiger partial charge in [0.1, 0.15) is 11.6 Å². The van der Waals surface area contributed by atoms with Gasteiger partial charge in [0, 0.05) is 18.1 Å². The smallest absolute Gasteiger partial charge is 0.305 e. The molecule has 4 nitrogen and oxygen atoms in total. The molecule has 1 N–H and O–H groups in total. The molecule has 2 aromatic carbocycles. The summed E-state index contributed by atoms with van der Waals surface area (Å²) in [5.74, 6) is -1.33. The topological polar surface area (TPSA) is 57.6 Å². The van der Waals surface area contributed by atoms with Crippen molar-refractivity contribution < 1.29 is 23.5 Å². The third-order valence-electron chi connectivity index (χ3n) is 4.28. The summed E-state index contributed by atoms with van der Waals surface area (Å²) in [5.41, 5.74) is 1.09. The number of hydrogen-bond acceptors (Lipinski definition) is 3. The van der Waals surface area contributed by atoms with Gasteiger partial charge in [-0.3, -0.25) is 9.59 Å². The number of thioether (sulfide) groups is 1. The van der Waals surface area contributed by atoms with Crippen LogP contribution < -0.4 is 0 Å². The van der Waals surface area contributed by atoms with Gasteiger partial charge in [-0.1, -0.05) is 18.2 Å². The average Bonchev–Trinajstić information content (AvgIpc) is 2.62. The lowest BCUT2D eigenvalue weighted by Gasteiger charge is -2.34. The number of amides is 1. The fraction of sp³-hybridized carbons (Fsp3) is 0.263. The van der Waals surface area contributed by atoms with E-state index in [4.69, 9.17) is 5.11 Å². The molecule has 1 heterocycles. The van der Waals surface area contributed by atoms with Crippen molar-refractivity contribution in [2.45, 2.75) is 12.5 Å². The molecule has 0 spiro atoms. The number of carboxylic acid groups (broad SMARTS) is 1. The van der Waals surface area contributed by atoms with Crippen LogP contribution in [0.15, 0.2) is 42.5 Å². The molecular weight excluding hydrogens is 360 g/mol. The van der Waals surface area contributed by atoms with Crippen LogP contribution in [-0.4, -0.2) is 46.0 Å². The second-order valence-corrected chi connectivity index (χ2v) is 7.18. The molecule has 2 aromatic rings. The van der Waals surface area contributed by atoms with E-state index in [1.165, 1.54) is 41.3 Å². The highest BCUT2D eigenvalue weighted by Crippen LogP contribution is 2.26. The van der Waals surface area contributed by atoms with Crippen LogP contribution in [0.2, 0.25) is 0 Å². The number of carbonyl (C=O) groups is 2. The summed E-state index contributed by atoms with van der Waals surface area (Å²) >= 11 is 1.58. The number of rotatable bonds is 4. The normalized spacial score (nSPS) is 17.2. The number of halogens is 2. The Morgan fingerprint density at radius 3 is 2.46 bits per heavy atom. The number of carboxylic acids is 1. The molecule has 26 heavy (non-hydrogen) atoms. The number of carbonyl (C=O) groups excluding carboxylic acids is 1. The summed E-state index contributed by atoms with van der Waals surface area (Å²) in [6, 6.07) is 9.44. The Hall–Kier alpha value is -2.41. The summed E-state index contributed by atoms with van der Waals surface area (Å²) in [6.45, 7) is 0.389. The van der Waals surface area contributed by atoms with E-state index in [0.29, 0.717) is 29.2 Å². The number of benzene rings is 2. The van der Waals surface area contributed by atoms with Crippen molar-refractivity contribution in [2.24, 2.45) is 0 Å². The summed E-state index contributed by atoms with van der Waals surface area (Å²) in [4.78, 5) is 25.2. The first kappa shape index (κ1) is 18.4. The summed E-state index contributed by atoms with van der Waals surface area (Å²) < 4.78 is 27.6. The number of aliphatic carboxylic acids is 1. The number of nitrogens with zero attached hydrogens (tertiary/aromatic N) is 1. The molecule has 136 valence electrons. The van der Waals surface area contributed by atoms with Crippen LogP contribution >= 0.6 is 11.8 Å². The molecule has 0 saturated carbocycles. The van der Waals surface area contributed by atoms with Gasteiger partial charge in [0.15, 0.2) is 0 Å². The van der Waals surface area contributed by atoms with E-state index in [1.807, 2.05) is 0 Å². The zero-order valence-electron chi connectivity index (χ0n) is 13.8. The standard InChI is InChI=1S/C19H17F2NO3S/c20-14-4-1-12(2-5-14)13-3-6-16(17(21)9-13)19(25)22-7-8-26-11-15(22)10-18(23)24/h1-6,9,15H,7-8,10-11H2,(H,23,24). The molecule has 0 aromatic heterocycles. The molecule has 1 aliphatic rings. The molecule has 1 aliphatic heterocycles. The average molecular weight is 377 g/mol. The fourth-order valence-electron chi connectivity index (χ4n) is 2.96. The van der Waals surface area contributed by atoms with Crippen molar-refractivity contribution in [2.75, 3.05) is 18.1 Å². The van der Waals surface area contributed by atoms with Gasteiger partial charge in [0.05, 0.1) is 18.0 Å². The van der Waals surface area contributed by atoms with E-state index < -0.39 is 23.7 Å². The lowest BCUT2D eigenvalue weighted by Crippen LogP contribution is -2.47. The van der Waals surface area contributed by atoms with Crippen molar-refractivity contribution in [1.82, 2.24) is 4.90 Å². The van der Waals surface area contributed by atoms with Gasteiger partial charge in [0.25, 0.3) is 5.91 Å². The first-order valence-corrected chi connectivity index (χ1v) is 9.27. The minimum absolute atomic E-state index is 0.0850. The highest BCUT2D eigenvalue weighted by molar-refractivity contribution is 7.99. The Kier molecular flexibility index (Phi) is 5.56. The van der Waals surface area contributed by atoms with Crippen molar-refractivity contribution in [1.29, 1.82) is 0 Å². The van der Waals surface area contributed by atoms with Crippen molar-refractivity contribution >= 4 is 23.6 Å². The first-order valence-electron chi connectivity index (χ1n) is 8.11. The predicted octanol–water partition coefficient (Wildman–Crippen LogP) is 3.66. The molecule has 0 aliphatic carbocycles. The maximum atomic E-state index is 14.6. The zero-order valence-corrected chi connectivity index (χ0v) is 14.6. The highest BCUT2D eigenvalue weighted by atomic mass is 32.2. The van der Waals surface area contributed by atoms with E-state index in [1.54, 1.807) is 17.8 Å². The monoisotopic (exact) mass is 377 g/mol. The highest BCUT2D eigenvalue weighted by Gasteiger charge is 2.30. The fourth-order valence-corrected chi connectivity index (χ4v) is 4.02. The summed E-state index contributed by atoms with van der Waals surface area (Å²) in [6.07, 6.45) is -0.159. The minimum Gasteiger partial charge on any atom is -0.481 e. The second-order valence-electron chi connectivity index (χ2n) is 6.03. The van der Waals surface area contributed by atoms with Gasteiger partial charge in [-0.2, -0.15) is 11.8 Å². The van der Waals surface area contributed by atoms with E-state index in [2.05, 4.69) is 0 Å². The zero-order chi connectivity index (χ0) is 18.7. The predicted molar refractivity (Wildman–Crippen MR) is 96.2 cm³/mol. The van der Waals surface area contributed by atoms with E-state index in [0.717, 1.165) is 0 Å². The lowest BCUT2D eigenvalue weighted by atomic mass is 10.0. The molecule has 0 radical (unpaired) electrons. The Labute approximate surface area is 153 Å². The maximum Gasteiger partial charge on any atom is 0.305 e. The van der Waals surface area contributed by atoms with Crippen molar-refractivity contribution in [3.05, 3.63) is 59.7 Å². The van der Waals surface area contributed by atoms with Crippen LogP contribution in [0.4, 0.5) is 8.78 Å². The minimum atomic E-state index is -0.984. The second kappa shape index (κ2) is 7.86. The molecular formula is C19H17F2NO3S. The van der Waals surface area contributed by atoms with Gasteiger partial charge in [-0.25, -0.2) is 8.78 Å². The van der Waals surface area contributed by atoms with Crippen LogP contribution in [-0.2, 0) is 4.79 Å². The van der Waals surface area contributed by atoms with Gasteiger partial charge in [-0.05, 0) is 35.4 Å². The van der Waals surface area contributed by atoms with Crippen LogP contribution in [0.1, 0.15) is 16.8 Å². The Morgan fingerprint density at radius 2 is 1.81 bits per heavy atom. The summed E-state index contributed by atoms with van der Waals surface area (Å²) in [5, 5.41) is 9.02. The third-order valence-corrected chi connectivity index (χ3v) is 5.37. The SMILES string of the molecule is O=C(O)CC1CSCCN1C(=O)c1ccc(-c2ccc(F)cc2)cc1F. The van der Waals surface area contributed by atoms with Gasteiger partial charge in [-0.15, -0.1) is 0 Å². The van der Waals surface area contributed by atoms with E-state index in [-0.39, 0.29) is 17.8 Å². The molecule has 1 saturated heterocycles. The third kappa shape index (κ3) is 4.04. The van der Waals surface area contributed by atoms with Gasteiger partial charge >= 0.3 is 5.97 Å². The first-order chi connectivity index (χ1) is 12.5. The molecule has 1 fully saturated rings. The Morgan fingerprint density at radius 1 is 1.12 bits per heavy atom. The van der Waals surface area contributed by atoms with Crippen LogP contribution in [0, 0.1) is 11.6 Å². The quantitative estimate of drug-likeness (QED) is 0.883. The largest absolute Gasteiger partial charge is 0.481 e. The van der Waals surface area contributed by atoms with Gasteiger partial charge in [0.2, 0.25) is 0 Å². The molecule has 1 unspecified atom stereocenters. The van der Waals surface area contributed by atoms with Crippen molar-refractivity contribution in [3.63, 3.8) is 0 Å². The summed E-state index contributed by atoms with van der Waals surface area (Å²) in [7, 11) is 0. The maximum absolute atomic E-state index is 14.6. The van der Waals surface area contributed by atoms with Crippen molar-refractivity contribution in [3.8, 4) is 11.1 Å². The molecule has 7 heteroatoms. The Balaban J connectivity index is 1.85. The van der Waals surface area contributed by atoms with Crippen LogP contribution in [0.5, 0.6) is 0 Å². The van der Waals surface area contributed by atoms with E-state index in [9.17, 15) is 18.4 Å². The Bertz CT molecular complexity index is 826. The molecule has 0 bridgehead atoms. The molecule has 1 atom stereocenters. The van der Waals surface area contributed by atoms with Crippen LogP contribution in [0.25, 0.3) is 11.1 Å². The molecule has 1 amide bonds. The van der Waals surface area contributed by atoms with E-state index >= 15 is 0 Å². The van der Waals surface area contributed by atoms with Crippen LogP contribution in [0.3, 0.4) is 0 Å². The van der Waals surface area contributed by atoms with Gasteiger partial charge < -0.3 is 10.0 Å². The molecule has 3 rings (SSSR count). The number of hydrogen-bond donors (Lipinski definition) is 1.